The third-order valence-electron chi connectivity index (χ3n) is 4.39. The van der Waals surface area contributed by atoms with Gasteiger partial charge < -0.3 is 9.64 Å². The Morgan fingerprint density at radius 2 is 2.00 bits per heavy atom. The molecule has 0 aromatic rings. The SMILES string of the molecule is CN(CC1CCCO1)CC1(CS)CCCCC1. The van der Waals surface area contributed by atoms with E-state index < -0.39 is 0 Å². The third kappa shape index (κ3) is 3.87. The minimum atomic E-state index is 0.481. The number of ether oxygens (including phenoxy) is 1. The van der Waals surface area contributed by atoms with E-state index in [9.17, 15) is 0 Å². The molecule has 1 saturated carbocycles. The van der Waals surface area contributed by atoms with Crippen molar-refractivity contribution in [2.45, 2.75) is 51.0 Å². The lowest BCUT2D eigenvalue weighted by Gasteiger charge is -2.39. The Kier molecular flexibility index (Phi) is 5.19. The highest BCUT2D eigenvalue weighted by molar-refractivity contribution is 7.80. The second-order valence-electron chi connectivity index (χ2n) is 6.05. The van der Waals surface area contributed by atoms with E-state index in [1.807, 2.05) is 0 Å². The Morgan fingerprint density at radius 3 is 2.59 bits per heavy atom. The molecule has 2 fully saturated rings. The highest BCUT2D eigenvalue weighted by atomic mass is 32.1. The van der Waals surface area contributed by atoms with Gasteiger partial charge in [-0.15, -0.1) is 0 Å². The fraction of sp³-hybridized carbons (Fsp3) is 1.00. The van der Waals surface area contributed by atoms with E-state index in [2.05, 4.69) is 24.6 Å². The summed E-state index contributed by atoms with van der Waals surface area (Å²) in [5, 5.41) is 0. The molecule has 3 heteroatoms. The molecule has 1 saturated heterocycles. The van der Waals surface area contributed by atoms with Crippen LogP contribution in [0.25, 0.3) is 0 Å². The first-order valence-electron chi connectivity index (χ1n) is 7.15. The van der Waals surface area contributed by atoms with Crippen molar-refractivity contribution in [3.05, 3.63) is 0 Å². The molecule has 2 rings (SSSR count). The van der Waals surface area contributed by atoms with E-state index >= 15 is 0 Å². The maximum absolute atomic E-state index is 5.72. The van der Waals surface area contributed by atoms with Gasteiger partial charge in [0.1, 0.15) is 0 Å². The van der Waals surface area contributed by atoms with Crippen LogP contribution in [0.3, 0.4) is 0 Å². The predicted molar refractivity (Wildman–Crippen MR) is 75.8 cm³/mol. The Morgan fingerprint density at radius 1 is 1.24 bits per heavy atom. The van der Waals surface area contributed by atoms with Crippen LogP contribution >= 0.6 is 12.6 Å². The first-order chi connectivity index (χ1) is 8.24. The molecule has 17 heavy (non-hydrogen) atoms. The maximum Gasteiger partial charge on any atom is 0.0702 e. The van der Waals surface area contributed by atoms with E-state index in [0.717, 1.165) is 18.9 Å². The summed E-state index contributed by atoms with van der Waals surface area (Å²) in [4.78, 5) is 2.48. The summed E-state index contributed by atoms with van der Waals surface area (Å²) in [5.74, 6) is 1.04. The van der Waals surface area contributed by atoms with Gasteiger partial charge in [-0.25, -0.2) is 0 Å². The molecule has 0 spiro atoms. The highest BCUT2D eigenvalue weighted by Crippen LogP contribution is 2.37. The summed E-state index contributed by atoms with van der Waals surface area (Å²) < 4.78 is 5.72. The van der Waals surface area contributed by atoms with Gasteiger partial charge in [-0.1, -0.05) is 19.3 Å². The summed E-state index contributed by atoms with van der Waals surface area (Å²) in [5.41, 5.74) is 0.481. The Balaban J connectivity index is 1.80. The van der Waals surface area contributed by atoms with Crippen LogP contribution in [0.15, 0.2) is 0 Å². The summed E-state index contributed by atoms with van der Waals surface area (Å²) in [6.07, 6.45) is 9.93. The van der Waals surface area contributed by atoms with Gasteiger partial charge in [-0.05, 0) is 43.9 Å². The van der Waals surface area contributed by atoms with Crippen LogP contribution in [0, 0.1) is 5.41 Å². The van der Waals surface area contributed by atoms with Crippen molar-refractivity contribution < 1.29 is 4.74 Å². The molecule has 1 heterocycles. The molecular formula is C14H27NOS. The van der Waals surface area contributed by atoms with Crippen molar-refractivity contribution in [3.63, 3.8) is 0 Å². The van der Waals surface area contributed by atoms with Gasteiger partial charge in [-0.3, -0.25) is 0 Å². The Labute approximate surface area is 112 Å². The molecule has 1 aliphatic carbocycles. The van der Waals surface area contributed by atoms with E-state index in [1.54, 1.807) is 0 Å². The van der Waals surface area contributed by atoms with Crippen LogP contribution in [-0.4, -0.2) is 43.5 Å². The van der Waals surface area contributed by atoms with E-state index in [-0.39, 0.29) is 0 Å². The Hall–Kier alpha value is 0.270. The standard InChI is InChI=1S/C14H27NOS/c1-15(10-13-6-5-9-16-13)11-14(12-17)7-3-2-4-8-14/h13,17H,2-12H2,1H3. The summed E-state index contributed by atoms with van der Waals surface area (Å²) >= 11 is 4.61. The zero-order valence-electron chi connectivity index (χ0n) is 11.2. The molecule has 0 bridgehead atoms. The minimum Gasteiger partial charge on any atom is -0.377 e. The summed E-state index contributed by atoms with van der Waals surface area (Å²) in [6.45, 7) is 3.28. The van der Waals surface area contributed by atoms with Crippen molar-refractivity contribution in [2.75, 3.05) is 32.5 Å². The quantitative estimate of drug-likeness (QED) is 0.760. The number of thiol groups is 1. The number of nitrogens with zero attached hydrogens (tertiary/aromatic N) is 1. The van der Waals surface area contributed by atoms with Crippen molar-refractivity contribution in [2.24, 2.45) is 5.41 Å². The first kappa shape index (κ1) is 13.7. The summed E-state index contributed by atoms with van der Waals surface area (Å²) in [7, 11) is 2.25. The summed E-state index contributed by atoms with van der Waals surface area (Å²) in [6, 6.07) is 0. The van der Waals surface area contributed by atoms with Crippen LogP contribution in [0.2, 0.25) is 0 Å². The second kappa shape index (κ2) is 6.44. The molecule has 1 unspecified atom stereocenters. The van der Waals surface area contributed by atoms with Gasteiger partial charge in [0.15, 0.2) is 0 Å². The molecule has 0 amide bonds. The van der Waals surface area contributed by atoms with Gasteiger partial charge in [0.05, 0.1) is 6.10 Å². The molecule has 100 valence electrons. The van der Waals surface area contributed by atoms with Crippen molar-refractivity contribution >= 4 is 12.6 Å². The lowest BCUT2D eigenvalue weighted by atomic mass is 9.75. The van der Waals surface area contributed by atoms with Crippen LogP contribution in [0.5, 0.6) is 0 Å². The van der Waals surface area contributed by atoms with E-state index in [1.165, 1.54) is 51.5 Å². The zero-order valence-corrected chi connectivity index (χ0v) is 12.1. The highest BCUT2D eigenvalue weighted by Gasteiger charge is 2.32. The van der Waals surface area contributed by atoms with Gasteiger partial charge >= 0.3 is 0 Å². The molecule has 1 atom stereocenters. The van der Waals surface area contributed by atoms with Crippen LogP contribution in [0.4, 0.5) is 0 Å². The van der Waals surface area contributed by atoms with Gasteiger partial charge in [0, 0.05) is 19.7 Å². The van der Waals surface area contributed by atoms with E-state index in [0.29, 0.717) is 11.5 Å². The lowest BCUT2D eigenvalue weighted by molar-refractivity contribution is 0.0606. The molecule has 2 aliphatic rings. The molecule has 2 nitrogen and oxygen atoms in total. The number of likely N-dealkylation sites (N-methyl/N-ethyl adjacent to an activating group) is 1. The van der Waals surface area contributed by atoms with Crippen molar-refractivity contribution in [1.82, 2.24) is 4.90 Å². The predicted octanol–water partition coefficient (Wildman–Crippen LogP) is 2.98. The molecule has 0 radical (unpaired) electrons. The fourth-order valence-corrected chi connectivity index (χ4v) is 3.86. The maximum atomic E-state index is 5.72. The number of hydrogen-bond donors (Lipinski definition) is 1. The largest absolute Gasteiger partial charge is 0.377 e. The van der Waals surface area contributed by atoms with E-state index in [4.69, 9.17) is 4.74 Å². The lowest BCUT2D eigenvalue weighted by Crippen LogP contribution is -2.41. The van der Waals surface area contributed by atoms with Gasteiger partial charge in [0.25, 0.3) is 0 Å². The first-order valence-corrected chi connectivity index (χ1v) is 7.78. The fourth-order valence-electron chi connectivity index (χ4n) is 3.44. The normalized spacial score (nSPS) is 28.8. The van der Waals surface area contributed by atoms with Crippen molar-refractivity contribution in [1.29, 1.82) is 0 Å². The van der Waals surface area contributed by atoms with Crippen LogP contribution in [-0.2, 0) is 4.74 Å². The van der Waals surface area contributed by atoms with Crippen LogP contribution in [0.1, 0.15) is 44.9 Å². The zero-order chi connectivity index (χ0) is 12.1. The van der Waals surface area contributed by atoms with Gasteiger partial charge in [-0.2, -0.15) is 12.6 Å². The number of rotatable bonds is 5. The second-order valence-corrected chi connectivity index (χ2v) is 6.37. The topological polar surface area (TPSA) is 12.5 Å². The smallest absolute Gasteiger partial charge is 0.0702 e. The molecule has 0 aromatic carbocycles. The van der Waals surface area contributed by atoms with Crippen LogP contribution < -0.4 is 0 Å². The average molecular weight is 257 g/mol. The molecule has 1 aliphatic heterocycles. The van der Waals surface area contributed by atoms with Crippen molar-refractivity contribution in [3.8, 4) is 0 Å². The Bertz CT molecular complexity index is 222. The monoisotopic (exact) mass is 257 g/mol. The molecule has 0 aromatic heterocycles. The average Bonchev–Trinajstić information content (AvgIpc) is 2.83. The third-order valence-corrected chi connectivity index (χ3v) is 5.07. The molecular weight excluding hydrogens is 230 g/mol. The minimum absolute atomic E-state index is 0.481. The van der Waals surface area contributed by atoms with Gasteiger partial charge in [0.2, 0.25) is 0 Å². The number of hydrogen-bond acceptors (Lipinski definition) is 3. The molecule has 0 N–H and O–H groups in total.